The van der Waals surface area contributed by atoms with Crippen molar-refractivity contribution in [1.29, 1.82) is 0 Å². The second-order valence-corrected chi connectivity index (χ2v) is 7.78. The largest absolute Gasteiger partial charge is 0.497 e. The van der Waals surface area contributed by atoms with E-state index in [-0.39, 0.29) is 0 Å². The van der Waals surface area contributed by atoms with Crippen molar-refractivity contribution in [2.45, 2.75) is 44.6 Å². The highest BCUT2D eigenvalue weighted by Gasteiger charge is 2.48. The molecule has 2 saturated heterocycles. The van der Waals surface area contributed by atoms with Gasteiger partial charge in [0.2, 0.25) is 0 Å². The van der Waals surface area contributed by atoms with Crippen molar-refractivity contribution in [3.63, 3.8) is 0 Å². The van der Waals surface area contributed by atoms with E-state index in [9.17, 15) is 0 Å². The molecule has 3 unspecified atom stereocenters. The molecule has 1 aromatic carbocycles. The second kappa shape index (κ2) is 5.01. The average molecular weight is 310 g/mol. The van der Waals surface area contributed by atoms with Gasteiger partial charge in [0.05, 0.1) is 7.11 Å². The molecular formula is C20H26N2O. The smallest absolute Gasteiger partial charge is 0.119 e. The van der Waals surface area contributed by atoms with E-state index in [1.54, 1.807) is 18.4 Å². The highest BCUT2D eigenvalue weighted by atomic mass is 16.5. The first-order valence-electron chi connectivity index (χ1n) is 9.21. The monoisotopic (exact) mass is 310 g/mol. The SMILES string of the molecule is CCC1C[C@H]2C[C@H]3c4[nH]c5ccc(OC)cc5c4CCN(C2)C13. The predicted octanol–water partition coefficient (Wildman–Crippen LogP) is 3.94. The number of hydrogen-bond acceptors (Lipinski definition) is 2. The van der Waals surface area contributed by atoms with Gasteiger partial charge in [-0.15, -0.1) is 0 Å². The molecule has 3 fully saturated rings. The van der Waals surface area contributed by atoms with Gasteiger partial charge in [0.15, 0.2) is 0 Å². The second-order valence-electron chi connectivity index (χ2n) is 7.78. The summed E-state index contributed by atoms with van der Waals surface area (Å²) >= 11 is 0. The van der Waals surface area contributed by atoms with Gasteiger partial charge in [0.1, 0.15) is 5.75 Å². The van der Waals surface area contributed by atoms with E-state index >= 15 is 0 Å². The molecular weight excluding hydrogens is 284 g/mol. The minimum absolute atomic E-state index is 0.711. The number of benzene rings is 1. The molecule has 1 aliphatic carbocycles. The van der Waals surface area contributed by atoms with Crippen LogP contribution in [-0.4, -0.2) is 36.1 Å². The number of rotatable bonds is 2. The van der Waals surface area contributed by atoms with E-state index in [2.05, 4.69) is 35.0 Å². The number of aromatic amines is 1. The van der Waals surface area contributed by atoms with Gasteiger partial charge in [-0.05, 0) is 54.9 Å². The number of ether oxygens (including phenoxy) is 1. The van der Waals surface area contributed by atoms with Crippen LogP contribution in [0.25, 0.3) is 10.9 Å². The Kier molecular flexibility index (Phi) is 3.03. The van der Waals surface area contributed by atoms with Crippen LogP contribution >= 0.6 is 0 Å². The maximum absolute atomic E-state index is 5.46. The van der Waals surface area contributed by atoms with Gasteiger partial charge >= 0.3 is 0 Å². The molecule has 1 aromatic heterocycles. The van der Waals surface area contributed by atoms with Gasteiger partial charge in [-0.1, -0.05) is 13.3 Å². The molecule has 122 valence electrons. The van der Waals surface area contributed by atoms with Gasteiger partial charge in [0.25, 0.3) is 0 Å². The fourth-order valence-corrected chi connectivity index (χ4v) is 5.80. The van der Waals surface area contributed by atoms with Crippen molar-refractivity contribution in [3.8, 4) is 5.75 Å². The van der Waals surface area contributed by atoms with Crippen LogP contribution in [0.5, 0.6) is 5.75 Å². The molecule has 4 heterocycles. The Morgan fingerprint density at radius 2 is 2.22 bits per heavy atom. The van der Waals surface area contributed by atoms with Crippen LogP contribution in [0, 0.1) is 11.8 Å². The maximum atomic E-state index is 5.46. The Labute approximate surface area is 138 Å². The summed E-state index contributed by atoms with van der Waals surface area (Å²) in [5.74, 6) is 3.48. The summed E-state index contributed by atoms with van der Waals surface area (Å²) in [5, 5.41) is 1.39. The van der Waals surface area contributed by atoms with Gasteiger partial charge in [-0.2, -0.15) is 0 Å². The van der Waals surface area contributed by atoms with Gasteiger partial charge in [-0.3, -0.25) is 4.90 Å². The number of hydrogen-bond donors (Lipinski definition) is 1. The lowest BCUT2D eigenvalue weighted by molar-refractivity contribution is -0.0134. The van der Waals surface area contributed by atoms with E-state index in [1.807, 2.05) is 0 Å². The Bertz CT molecular complexity index is 749. The van der Waals surface area contributed by atoms with Crippen molar-refractivity contribution in [2.75, 3.05) is 20.2 Å². The highest BCUT2D eigenvalue weighted by Crippen LogP contribution is 2.51. The molecule has 23 heavy (non-hydrogen) atoms. The lowest BCUT2D eigenvalue weighted by atomic mass is 9.65. The Hall–Kier alpha value is -1.48. The molecule has 1 N–H and O–H groups in total. The summed E-state index contributed by atoms with van der Waals surface area (Å²) in [7, 11) is 1.76. The van der Waals surface area contributed by atoms with Crippen molar-refractivity contribution in [3.05, 3.63) is 29.5 Å². The number of nitrogens with one attached hydrogen (secondary N) is 1. The Balaban J connectivity index is 1.66. The van der Waals surface area contributed by atoms with Crippen LogP contribution < -0.4 is 4.74 Å². The number of nitrogens with zero attached hydrogens (tertiary/aromatic N) is 1. The number of H-pyrrole nitrogens is 1. The summed E-state index contributed by atoms with van der Waals surface area (Å²) in [6.45, 7) is 4.95. The third-order valence-corrected chi connectivity index (χ3v) is 6.72. The lowest BCUT2D eigenvalue weighted by Crippen LogP contribution is -2.56. The van der Waals surface area contributed by atoms with E-state index in [0.29, 0.717) is 5.92 Å². The Morgan fingerprint density at radius 3 is 3.04 bits per heavy atom. The van der Waals surface area contributed by atoms with Crippen molar-refractivity contribution in [1.82, 2.24) is 9.88 Å². The quantitative estimate of drug-likeness (QED) is 0.910. The summed E-state index contributed by atoms with van der Waals surface area (Å²) in [4.78, 5) is 6.63. The number of fused-ring (bicyclic) bond motifs is 4. The van der Waals surface area contributed by atoms with E-state index in [0.717, 1.165) is 23.6 Å². The van der Waals surface area contributed by atoms with Gasteiger partial charge in [0, 0.05) is 41.6 Å². The van der Waals surface area contributed by atoms with Crippen LogP contribution in [0.4, 0.5) is 0 Å². The van der Waals surface area contributed by atoms with Crippen LogP contribution in [0.15, 0.2) is 18.2 Å². The van der Waals surface area contributed by atoms with E-state index < -0.39 is 0 Å². The van der Waals surface area contributed by atoms with E-state index in [1.165, 1.54) is 49.7 Å². The minimum Gasteiger partial charge on any atom is -0.497 e. The average Bonchev–Trinajstić information content (AvgIpc) is 2.92. The molecule has 0 amide bonds. The summed E-state index contributed by atoms with van der Waals surface area (Å²) in [6, 6.07) is 7.26. The lowest BCUT2D eigenvalue weighted by Gasteiger charge is -2.53. The van der Waals surface area contributed by atoms with Crippen LogP contribution in [0.1, 0.15) is 43.4 Å². The molecule has 0 radical (unpaired) electrons. The third kappa shape index (κ3) is 1.92. The zero-order chi connectivity index (χ0) is 15.6. The predicted molar refractivity (Wildman–Crippen MR) is 93.2 cm³/mol. The fraction of sp³-hybridized carbons (Fsp3) is 0.600. The molecule has 0 spiro atoms. The zero-order valence-corrected chi connectivity index (χ0v) is 14.1. The Morgan fingerprint density at radius 1 is 1.30 bits per heavy atom. The molecule has 3 nitrogen and oxygen atoms in total. The highest BCUT2D eigenvalue weighted by molar-refractivity contribution is 5.86. The van der Waals surface area contributed by atoms with Crippen LogP contribution in [0.3, 0.4) is 0 Å². The molecule has 1 saturated carbocycles. The zero-order valence-electron chi connectivity index (χ0n) is 14.1. The number of piperidine rings is 2. The van der Waals surface area contributed by atoms with Gasteiger partial charge < -0.3 is 9.72 Å². The molecule has 2 aromatic rings. The number of methoxy groups -OCH3 is 1. The molecule has 4 aliphatic rings. The van der Waals surface area contributed by atoms with Crippen molar-refractivity contribution >= 4 is 10.9 Å². The van der Waals surface area contributed by atoms with Crippen LogP contribution in [0.2, 0.25) is 0 Å². The standard InChI is InChI=1S/C20H26N2O/c1-3-13-8-12-9-17-19-15(6-7-22(11-12)20(13)17)16-10-14(23-2)4-5-18(16)21-19/h4-5,10,12-13,17,20-21H,3,6-9,11H2,1-2H3/t12-,13?,17-,20?/m0/s1. The third-order valence-electron chi connectivity index (χ3n) is 6.72. The summed E-state index contributed by atoms with van der Waals surface area (Å²) < 4.78 is 5.46. The molecule has 3 heteroatoms. The van der Waals surface area contributed by atoms with Gasteiger partial charge in [-0.25, -0.2) is 0 Å². The van der Waals surface area contributed by atoms with Crippen molar-refractivity contribution in [2.24, 2.45) is 11.8 Å². The minimum atomic E-state index is 0.711. The molecule has 3 aliphatic heterocycles. The summed E-state index contributed by atoms with van der Waals surface area (Å²) in [5.41, 5.74) is 4.40. The van der Waals surface area contributed by atoms with Crippen LogP contribution in [-0.2, 0) is 6.42 Å². The first kappa shape index (κ1) is 13.9. The topological polar surface area (TPSA) is 28.3 Å². The molecule has 4 bridgehead atoms. The molecule has 6 rings (SSSR count). The first-order valence-corrected chi connectivity index (χ1v) is 9.21. The van der Waals surface area contributed by atoms with E-state index in [4.69, 9.17) is 4.74 Å². The number of aromatic nitrogens is 1. The summed E-state index contributed by atoms with van der Waals surface area (Å²) in [6.07, 6.45) is 5.35. The fourth-order valence-electron chi connectivity index (χ4n) is 5.80. The first-order chi connectivity index (χ1) is 11.3. The molecule has 5 atom stereocenters. The van der Waals surface area contributed by atoms with Crippen molar-refractivity contribution < 1.29 is 4.74 Å². The normalized spacial score (nSPS) is 35.1. The maximum Gasteiger partial charge on any atom is 0.119 e.